The Morgan fingerprint density at radius 1 is 0.375 bits per heavy atom. The number of fused-ring (bicyclic) bond motifs is 6. The number of nitriles is 1. The summed E-state index contributed by atoms with van der Waals surface area (Å²) in [5.74, 6) is 0. The van der Waals surface area contributed by atoms with E-state index >= 15 is 0 Å². The summed E-state index contributed by atoms with van der Waals surface area (Å²) in [5, 5.41) is 13.9. The zero-order valence-corrected chi connectivity index (χ0v) is 21.4. The molecule has 0 radical (unpaired) electrons. The van der Waals surface area contributed by atoms with Gasteiger partial charge in [0, 0.05) is 21.5 Å². The van der Waals surface area contributed by atoms with E-state index in [1.54, 1.807) is 0 Å². The smallest absolute Gasteiger partial charge is 0.135 e. The zero-order chi connectivity index (χ0) is 26.6. The van der Waals surface area contributed by atoms with Gasteiger partial charge in [0.2, 0.25) is 0 Å². The topological polar surface area (TPSA) is 50.1 Å². The fourth-order valence-corrected chi connectivity index (χ4v) is 5.71. The Morgan fingerprint density at radius 3 is 1.38 bits per heavy atom. The molecule has 0 saturated carbocycles. The first-order valence-corrected chi connectivity index (χ1v) is 13.2. The standard InChI is InChI=1S/C37H21NO2/c38-22-23-6-5-7-24(16-23)27-17-28(25-12-14-36-32(20-25)30-8-1-3-10-34(30)39-36)19-29(18-27)26-13-15-37-33(21-26)31-9-2-4-11-35(31)40-37/h1-21H. The van der Waals surface area contributed by atoms with Crippen LogP contribution in [0.5, 0.6) is 0 Å². The van der Waals surface area contributed by atoms with Crippen LogP contribution >= 0.6 is 0 Å². The Kier molecular flexibility index (Phi) is 4.89. The van der Waals surface area contributed by atoms with Crippen LogP contribution in [-0.4, -0.2) is 0 Å². The minimum Gasteiger partial charge on any atom is -0.456 e. The van der Waals surface area contributed by atoms with Crippen LogP contribution in [0.1, 0.15) is 5.56 Å². The van der Waals surface area contributed by atoms with Crippen molar-refractivity contribution < 1.29 is 8.83 Å². The molecule has 3 heteroatoms. The lowest BCUT2D eigenvalue weighted by Crippen LogP contribution is -1.87. The molecule has 40 heavy (non-hydrogen) atoms. The molecule has 0 fully saturated rings. The molecule has 0 bridgehead atoms. The molecule has 186 valence electrons. The van der Waals surface area contributed by atoms with Crippen molar-refractivity contribution in [2.24, 2.45) is 0 Å². The first-order chi connectivity index (χ1) is 19.7. The molecular weight excluding hydrogens is 490 g/mol. The maximum Gasteiger partial charge on any atom is 0.135 e. The Balaban J connectivity index is 1.36. The average molecular weight is 512 g/mol. The summed E-state index contributed by atoms with van der Waals surface area (Å²) in [6.45, 7) is 0. The van der Waals surface area contributed by atoms with Gasteiger partial charge in [-0.3, -0.25) is 0 Å². The lowest BCUT2D eigenvalue weighted by molar-refractivity contribution is 0.668. The molecular formula is C37H21NO2. The number of benzene rings is 6. The van der Waals surface area contributed by atoms with Gasteiger partial charge >= 0.3 is 0 Å². The van der Waals surface area contributed by atoms with Gasteiger partial charge in [-0.05, 0) is 100 Å². The van der Waals surface area contributed by atoms with Gasteiger partial charge in [0.15, 0.2) is 0 Å². The second-order valence-electron chi connectivity index (χ2n) is 10.1. The van der Waals surface area contributed by atoms with Gasteiger partial charge < -0.3 is 8.83 Å². The van der Waals surface area contributed by atoms with Crippen molar-refractivity contribution >= 4 is 43.9 Å². The molecule has 0 atom stereocenters. The molecule has 0 unspecified atom stereocenters. The van der Waals surface area contributed by atoms with Crippen molar-refractivity contribution in [2.75, 3.05) is 0 Å². The lowest BCUT2D eigenvalue weighted by atomic mass is 9.92. The van der Waals surface area contributed by atoms with E-state index in [1.807, 2.05) is 54.6 Å². The van der Waals surface area contributed by atoms with Crippen molar-refractivity contribution in [1.29, 1.82) is 5.26 Å². The van der Waals surface area contributed by atoms with Crippen molar-refractivity contribution in [2.45, 2.75) is 0 Å². The van der Waals surface area contributed by atoms with Crippen LogP contribution in [0.3, 0.4) is 0 Å². The van der Waals surface area contributed by atoms with Gasteiger partial charge in [0.1, 0.15) is 22.3 Å². The van der Waals surface area contributed by atoms with E-state index < -0.39 is 0 Å². The fraction of sp³-hybridized carbons (Fsp3) is 0. The SMILES string of the molecule is N#Cc1cccc(-c2cc(-c3ccc4oc5ccccc5c4c3)cc(-c3ccc4oc5ccccc5c4c3)c2)c1. The third-order valence-electron chi connectivity index (χ3n) is 7.68. The van der Waals surface area contributed by atoms with Gasteiger partial charge in [-0.2, -0.15) is 5.26 Å². The molecule has 2 aromatic heterocycles. The highest BCUT2D eigenvalue weighted by Crippen LogP contribution is 2.38. The Hall–Kier alpha value is -5.59. The molecule has 3 nitrogen and oxygen atoms in total. The minimum atomic E-state index is 0.641. The Morgan fingerprint density at radius 2 is 0.850 bits per heavy atom. The third-order valence-corrected chi connectivity index (χ3v) is 7.68. The predicted molar refractivity (Wildman–Crippen MR) is 162 cm³/mol. The highest BCUT2D eigenvalue weighted by atomic mass is 16.3. The van der Waals surface area contributed by atoms with E-state index in [1.165, 1.54) is 0 Å². The van der Waals surface area contributed by atoms with Gasteiger partial charge in [-0.1, -0.05) is 60.7 Å². The number of nitrogens with zero attached hydrogens (tertiary/aromatic N) is 1. The van der Waals surface area contributed by atoms with E-state index in [9.17, 15) is 5.26 Å². The summed E-state index contributed by atoms with van der Waals surface area (Å²) in [6.07, 6.45) is 0. The largest absolute Gasteiger partial charge is 0.456 e. The van der Waals surface area contributed by atoms with E-state index in [-0.39, 0.29) is 0 Å². The van der Waals surface area contributed by atoms with E-state index in [0.717, 1.165) is 77.3 Å². The third kappa shape index (κ3) is 3.59. The monoisotopic (exact) mass is 511 g/mol. The number of furan rings is 2. The summed E-state index contributed by atoms with van der Waals surface area (Å²) < 4.78 is 12.2. The second kappa shape index (κ2) is 8.73. The van der Waals surface area contributed by atoms with Crippen LogP contribution in [0.4, 0.5) is 0 Å². The first kappa shape index (κ1) is 22.4. The highest BCUT2D eigenvalue weighted by molar-refractivity contribution is 6.07. The van der Waals surface area contributed by atoms with Crippen molar-refractivity contribution in [3.8, 4) is 39.4 Å². The van der Waals surface area contributed by atoms with Crippen LogP contribution in [-0.2, 0) is 0 Å². The summed E-state index contributed by atoms with van der Waals surface area (Å²) in [5.41, 5.74) is 10.6. The number of rotatable bonds is 3. The van der Waals surface area contributed by atoms with Gasteiger partial charge in [0.05, 0.1) is 11.6 Å². The Bertz CT molecular complexity index is 2160. The molecule has 0 aliphatic heterocycles. The van der Waals surface area contributed by atoms with Crippen molar-refractivity contribution in [1.82, 2.24) is 0 Å². The molecule has 0 amide bonds. The van der Waals surface area contributed by atoms with Crippen LogP contribution in [0, 0.1) is 11.3 Å². The van der Waals surface area contributed by atoms with Crippen molar-refractivity contribution in [3.63, 3.8) is 0 Å². The highest BCUT2D eigenvalue weighted by Gasteiger charge is 2.13. The van der Waals surface area contributed by atoms with Crippen molar-refractivity contribution in [3.05, 3.63) is 133 Å². The van der Waals surface area contributed by atoms with E-state index in [0.29, 0.717) is 5.56 Å². The maximum absolute atomic E-state index is 9.54. The molecule has 2 heterocycles. The summed E-state index contributed by atoms with van der Waals surface area (Å²) in [7, 11) is 0. The lowest BCUT2D eigenvalue weighted by Gasteiger charge is -2.12. The van der Waals surface area contributed by atoms with E-state index in [2.05, 4.69) is 78.9 Å². The summed E-state index contributed by atoms with van der Waals surface area (Å²) in [6, 6.07) is 45.8. The van der Waals surface area contributed by atoms with Crippen LogP contribution in [0.2, 0.25) is 0 Å². The maximum atomic E-state index is 9.54. The summed E-state index contributed by atoms with van der Waals surface area (Å²) >= 11 is 0. The average Bonchev–Trinajstić information content (AvgIpc) is 3.58. The number of para-hydroxylation sites is 2. The van der Waals surface area contributed by atoms with Gasteiger partial charge in [-0.15, -0.1) is 0 Å². The molecule has 8 aromatic rings. The fourth-order valence-electron chi connectivity index (χ4n) is 5.71. The molecule has 8 rings (SSSR count). The zero-order valence-electron chi connectivity index (χ0n) is 21.4. The molecule has 0 N–H and O–H groups in total. The summed E-state index contributed by atoms with van der Waals surface area (Å²) in [4.78, 5) is 0. The number of hydrogen-bond acceptors (Lipinski definition) is 3. The predicted octanol–water partition coefficient (Wildman–Crippen LogP) is 10.4. The number of hydrogen-bond donors (Lipinski definition) is 0. The molecule has 6 aromatic carbocycles. The van der Waals surface area contributed by atoms with Crippen LogP contribution in [0.25, 0.3) is 77.3 Å². The van der Waals surface area contributed by atoms with Gasteiger partial charge in [-0.25, -0.2) is 0 Å². The Labute approximate surface area is 230 Å². The quantitative estimate of drug-likeness (QED) is 0.237. The molecule has 0 aliphatic carbocycles. The normalized spacial score (nSPS) is 11.5. The molecule has 0 saturated heterocycles. The van der Waals surface area contributed by atoms with E-state index in [4.69, 9.17) is 8.83 Å². The first-order valence-electron chi connectivity index (χ1n) is 13.2. The molecule has 0 aliphatic rings. The second-order valence-corrected chi connectivity index (χ2v) is 10.1. The molecule has 0 spiro atoms. The van der Waals surface area contributed by atoms with Gasteiger partial charge in [0.25, 0.3) is 0 Å². The minimum absolute atomic E-state index is 0.641. The van der Waals surface area contributed by atoms with Crippen LogP contribution in [0.15, 0.2) is 136 Å². The van der Waals surface area contributed by atoms with Crippen LogP contribution < -0.4 is 0 Å².